The largest absolute Gasteiger partial charge is 0.293 e. The van der Waals surface area contributed by atoms with E-state index >= 15 is 0 Å². The zero-order chi connectivity index (χ0) is 12.6. The standard InChI is InChI=1S/C13H15BrN2O/c1-13(2,3)16-12(17)10(14)11(15-16)9-7-5-4-6-8-9/h4-8,15H,1-3H3. The summed E-state index contributed by atoms with van der Waals surface area (Å²) in [5.74, 6) is 0. The molecular formula is C13H15BrN2O. The fraction of sp³-hybridized carbons (Fsp3) is 0.308. The van der Waals surface area contributed by atoms with E-state index in [1.807, 2.05) is 51.1 Å². The Morgan fingerprint density at radius 2 is 1.76 bits per heavy atom. The molecule has 2 rings (SSSR count). The van der Waals surface area contributed by atoms with Crippen molar-refractivity contribution in [2.45, 2.75) is 26.3 Å². The second kappa shape index (κ2) is 4.18. The number of nitrogens with zero attached hydrogens (tertiary/aromatic N) is 1. The molecule has 0 atom stereocenters. The van der Waals surface area contributed by atoms with Crippen molar-refractivity contribution in [2.75, 3.05) is 0 Å². The maximum atomic E-state index is 12.1. The van der Waals surface area contributed by atoms with Crippen LogP contribution < -0.4 is 5.56 Å². The molecule has 0 radical (unpaired) electrons. The van der Waals surface area contributed by atoms with E-state index in [-0.39, 0.29) is 11.1 Å². The highest BCUT2D eigenvalue weighted by molar-refractivity contribution is 9.10. The SMILES string of the molecule is CC(C)(C)n1[nH]c(-c2ccccc2)c(Br)c1=O. The van der Waals surface area contributed by atoms with Gasteiger partial charge in [0.2, 0.25) is 0 Å². The smallest absolute Gasteiger partial charge is 0.281 e. The van der Waals surface area contributed by atoms with Crippen LogP contribution in [0.1, 0.15) is 20.8 Å². The summed E-state index contributed by atoms with van der Waals surface area (Å²) in [5, 5.41) is 3.16. The summed E-state index contributed by atoms with van der Waals surface area (Å²) in [5.41, 5.74) is 1.54. The molecule has 0 fully saturated rings. The van der Waals surface area contributed by atoms with Gasteiger partial charge in [-0.1, -0.05) is 30.3 Å². The van der Waals surface area contributed by atoms with Crippen molar-refractivity contribution in [1.82, 2.24) is 9.78 Å². The lowest BCUT2D eigenvalue weighted by Gasteiger charge is -2.19. The van der Waals surface area contributed by atoms with Crippen LogP contribution in [0.25, 0.3) is 11.3 Å². The maximum Gasteiger partial charge on any atom is 0.281 e. The summed E-state index contributed by atoms with van der Waals surface area (Å²) >= 11 is 3.37. The van der Waals surface area contributed by atoms with E-state index in [0.29, 0.717) is 4.47 Å². The van der Waals surface area contributed by atoms with Gasteiger partial charge in [0.15, 0.2) is 0 Å². The zero-order valence-corrected chi connectivity index (χ0v) is 11.7. The van der Waals surface area contributed by atoms with E-state index in [0.717, 1.165) is 11.3 Å². The second-order valence-electron chi connectivity index (χ2n) is 4.98. The molecule has 4 heteroatoms. The van der Waals surface area contributed by atoms with E-state index in [4.69, 9.17) is 0 Å². The topological polar surface area (TPSA) is 37.8 Å². The molecule has 3 nitrogen and oxygen atoms in total. The Balaban J connectivity index is 2.63. The van der Waals surface area contributed by atoms with Crippen molar-refractivity contribution in [2.24, 2.45) is 0 Å². The predicted octanol–water partition coefficient (Wildman–Crippen LogP) is 3.36. The Morgan fingerprint density at radius 3 is 2.24 bits per heavy atom. The summed E-state index contributed by atoms with van der Waals surface area (Å²) in [6, 6.07) is 9.81. The van der Waals surface area contributed by atoms with Crippen LogP contribution in [0.3, 0.4) is 0 Å². The normalized spacial score (nSPS) is 11.8. The van der Waals surface area contributed by atoms with Crippen LogP contribution in [-0.4, -0.2) is 9.78 Å². The number of hydrogen-bond acceptors (Lipinski definition) is 1. The van der Waals surface area contributed by atoms with Crippen molar-refractivity contribution in [3.05, 3.63) is 45.2 Å². The van der Waals surface area contributed by atoms with Crippen molar-refractivity contribution >= 4 is 15.9 Å². The number of halogens is 1. The Hall–Kier alpha value is -1.29. The highest BCUT2D eigenvalue weighted by Crippen LogP contribution is 2.25. The highest BCUT2D eigenvalue weighted by atomic mass is 79.9. The minimum atomic E-state index is -0.257. The molecule has 1 aromatic carbocycles. The molecule has 0 saturated heterocycles. The molecule has 0 spiro atoms. The van der Waals surface area contributed by atoms with Crippen molar-refractivity contribution in [3.8, 4) is 11.3 Å². The average molecular weight is 295 g/mol. The molecule has 1 heterocycles. The number of aromatic nitrogens is 2. The van der Waals surface area contributed by atoms with Gasteiger partial charge in [0.05, 0.1) is 11.2 Å². The number of aromatic amines is 1. The predicted molar refractivity (Wildman–Crippen MR) is 73.2 cm³/mol. The van der Waals surface area contributed by atoms with Crippen LogP contribution in [0.2, 0.25) is 0 Å². The van der Waals surface area contributed by atoms with Gasteiger partial charge in [-0.25, -0.2) is 4.68 Å². The van der Waals surface area contributed by atoms with Crippen molar-refractivity contribution in [1.29, 1.82) is 0 Å². The van der Waals surface area contributed by atoms with E-state index in [1.165, 1.54) is 0 Å². The molecule has 0 aliphatic rings. The van der Waals surface area contributed by atoms with Crippen LogP contribution in [0.15, 0.2) is 39.6 Å². The average Bonchev–Trinajstić information content (AvgIpc) is 2.57. The third-order valence-electron chi connectivity index (χ3n) is 2.57. The summed E-state index contributed by atoms with van der Waals surface area (Å²) in [7, 11) is 0. The first-order chi connectivity index (χ1) is 7.91. The molecule has 1 aromatic heterocycles. The summed E-state index contributed by atoms with van der Waals surface area (Å²) in [6.07, 6.45) is 0. The summed E-state index contributed by atoms with van der Waals surface area (Å²) in [4.78, 5) is 12.1. The molecule has 0 unspecified atom stereocenters. The zero-order valence-electron chi connectivity index (χ0n) is 10.1. The van der Waals surface area contributed by atoms with Crippen molar-refractivity contribution < 1.29 is 0 Å². The summed E-state index contributed by atoms with van der Waals surface area (Å²) in [6.45, 7) is 5.98. The molecule has 2 aromatic rings. The minimum absolute atomic E-state index is 0.0312. The van der Waals surface area contributed by atoms with E-state index < -0.39 is 0 Å². The highest BCUT2D eigenvalue weighted by Gasteiger charge is 2.21. The van der Waals surface area contributed by atoms with E-state index in [1.54, 1.807) is 4.68 Å². The first kappa shape index (κ1) is 12.2. The lowest BCUT2D eigenvalue weighted by molar-refractivity contribution is 0.346. The molecule has 0 aliphatic heterocycles. The Labute approximate surface area is 109 Å². The van der Waals surface area contributed by atoms with Gasteiger partial charge in [0, 0.05) is 5.56 Å². The van der Waals surface area contributed by atoms with Crippen molar-refractivity contribution in [3.63, 3.8) is 0 Å². The van der Waals surface area contributed by atoms with Crippen LogP contribution in [0.5, 0.6) is 0 Å². The first-order valence-electron chi connectivity index (χ1n) is 5.47. The lowest BCUT2D eigenvalue weighted by Crippen LogP contribution is -2.32. The maximum absolute atomic E-state index is 12.1. The van der Waals surface area contributed by atoms with Gasteiger partial charge >= 0.3 is 0 Å². The monoisotopic (exact) mass is 294 g/mol. The van der Waals surface area contributed by atoms with Gasteiger partial charge in [-0.3, -0.25) is 9.89 Å². The van der Waals surface area contributed by atoms with Crippen LogP contribution in [0, 0.1) is 0 Å². The molecule has 17 heavy (non-hydrogen) atoms. The number of rotatable bonds is 1. The Kier molecular flexibility index (Phi) is 3.00. The van der Waals surface area contributed by atoms with Gasteiger partial charge in [0.1, 0.15) is 4.47 Å². The van der Waals surface area contributed by atoms with Crippen LogP contribution in [-0.2, 0) is 5.54 Å². The number of H-pyrrole nitrogens is 1. The fourth-order valence-corrected chi connectivity index (χ4v) is 2.18. The minimum Gasteiger partial charge on any atom is -0.293 e. The molecule has 0 bridgehead atoms. The molecule has 90 valence electrons. The molecular weight excluding hydrogens is 280 g/mol. The van der Waals surface area contributed by atoms with Gasteiger partial charge in [-0.15, -0.1) is 0 Å². The third-order valence-corrected chi connectivity index (χ3v) is 3.30. The Morgan fingerprint density at radius 1 is 1.18 bits per heavy atom. The molecule has 0 saturated carbocycles. The Bertz CT molecular complexity index is 576. The molecule has 1 N–H and O–H groups in total. The summed E-state index contributed by atoms with van der Waals surface area (Å²) < 4.78 is 2.22. The van der Waals surface area contributed by atoms with Crippen LogP contribution >= 0.6 is 15.9 Å². The van der Waals surface area contributed by atoms with E-state index in [9.17, 15) is 4.79 Å². The molecule has 0 aliphatic carbocycles. The molecule has 0 amide bonds. The van der Waals surface area contributed by atoms with Crippen LogP contribution in [0.4, 0.5) is 0 Å². The van der Waals surface area contributed by atoms with E-state index in [2.05, 4.69) is 21.0 Å². The second-order valence-corrected chi connectivity index (χ2v) is 5.77. The van der Waals surface area contributed by atoms with Gasteiger partial charge in [-0.05, 0) is 36.7 Å². The third kappa shape index (κ3) is 2.22. The quantitative estimate of drug-likeness (QED) is 0.860. The lowest BCUT2D eigenvalue weighted by atomic mass is 10.1. The fourth-order valence-electron chi connectivity index (χ4n) is 1.69. The first-order valence-corrected chi connectivity index (χ1v) is 6.27. The number of benzene rings is 1. The number of nitrogens with one attached hydrogen (secondary N) is 1. The van der Waals surface area contributed by atoms with Gasteiger partial charge in [-0.2, -0.15) is 0 Å². The van der Waals surface area contributed by atoms with Gasteiger partial charge < -0.3 is 0 Å². The van der Waals surface area contributed by atoms with Gasteiger partial charge in [0.25, 0.3) is 5.56 Å². The number of hydrogen-bond donors (Lipinski definition) is 1.